The molecule has 0 spiro atoms. The molecule has 0 aromatic carbocycles. The molecule has 0 radical (unpaired) electrons. The summed E-state index contributed by atoms with van der Waals surface area (Å²) in [4.78, 5) is 27.7. The topological polar surface area (TPSA) is 202 Å². The van der Waals surface area contributed by atoms with Crippen LogP contribution in [0.5, 0.6) is 0 Å². The zero-order valence-electron chi connectivity index (χ0n) is 20.2. The first-order chi connectivity index (χ1) is 18.2. The Labute approximate surface area is 224 Å². The third-order valence-corrected chi connectivity index (χ3v) is 8.22. The molecule has 5 atom stereocenters. The molecule has 1 saturated heterocycles. The Balaban J connectivity index is 1.51. The van der Waals surface area contributed by atoms with Gasteiger partial charge in [0.1, 0.15) is 30.7 Å². The fourth-order valence-corrected chi connectivity index (χ4v) is 5.34. The monoisotopic (exact) mass is 605 g/mol. The first kappa shape index (κ1) is 30.3. The maximum absolute atomic E-state index is 12.5. The Hall–Kier alpha value is -1.66. The second kappa shape index (κ2) is 11.7. The molecule has 14 nitrogen and oxygen atoms in total. The molecule has 1 aliphatic carbocycles. The van der Waals surface area contributed by atoms with Crippen molar-refractivity contribution in [3.05, 3.63) is 11.5 Å². The van der Waals surface area contributed by atoms with E-state index in [0.29, 0.717) is 11.2 Å². The molecular formula is C20H28ClF3N5O9P. The molecule has 2 aromatic heterocycles. The summed E-state index contributed by atoms with van der Waals surface area (Å²) in [5.41, 5.74) is 0.161. The minimum atomic E-state index is -5.42. The minimum absolute atomic E-state index is 0.120. The zero-order chi connectivity index (χ0) is 28.6. The third kappa shape index (κ3) is 6.64. The maximum atomic E-state index is 12.5. The number of aliphatic hydroxyl groups excluding tert-OH is 3. The SMILES string of the molecule is O=P(O)(O)[C@](CO)(COCC(F)(F)F)OC[C@H]1O[C@@H](n2ncc3c(NC4CCCC4)nc(Cl)nc32)[C@H](O)[C@@H]1O. The molecule has 1 aliphatic heterocycles. The Kier molecular flexibility index (Phi) is 9.07. The summed E-state index contributed by atoms with van der Waals surface area (Å²) in [6, 6.07) is 0.181. The number of fused-ring (bicyclic) bond motifs is 1. The van der Waals surface area contributed by atoms with Crippen LogP contribution in [0.4, 0.5) is 19.0 Å². The van der Waals surface area contributed by atoms with Crippen LogP contribution in [-0.2, 0) is 18.8 Å². The fourth-order valence-electron chi connectivity index (χ4n) is 4.48. The second-order valence-corrected chi connectivity index (χ2v) is 11.6. The Bertz CT molecular complexity index is 1200. The van der Waals surface area contributed by atoms with E-state index in [9.17, 15) is 42.8 Å². The molecule has 1 saturated carbocycles. The smallest absolute Gasteiger partial charge is 0.393 e. The van der Waals surface area contributed by atoms with E-state index in [2.05, 4.69) is 25.1 Å². The summed E-state index contributed by atoms with van der Waals surface area (Å²) in [5, 5.41) is 35.8. The van der Waals surface area contributed by atoms with Gasteiger partial charge in [-0.25, -0.2) is 4.68 Å². The van der Waals surface area contributed by atoms with E-state index in [0.717, 1.165) is 30.4 Å². The quantitative estimate of drug-likeness (QED) is 0.156. The normalized spacial score (nSPS) is 26.4. The predicted molar refractivity (Wildman–Crippen MR) is 127 cm³/mol. The summed E-state index contributed by atoms with van der Waals surface area (Å²) >= 11 is 6.11. The predicted octanol–water partition coefficient (Wildman–Crippen LogP) is 0.915. The lowest BCUT2D eigenvalue weighted by atomic mass is 10.1. The van der Waals surface area contributed by atoms with Crippen molar-refractivity contribution in [2.45, 2.75) is 67.8 Å². The Morgan fingerprint density at radius 3 is 2.49 bits per heavy atom. The lowest BCUT2D eigenvalue weighted by molar-refractivity contribution is -0.192. The van der Waals surface area contributed by atoms with Crippen LogP contribution >= 0.6 is 19.2 Å². The number of halogens is 4. The summed E-state index contributed by atoms with van der Waals surface area (Å²) in [7, 11) is -5.42. The van der Waals surface area contributed by atoms with Crippen LogP contribution in [0, 0.1) is 0 Å². The number of aliphatic hydroxyl groups is 3. The van der Waals surface area contributed by atoms with Crippen LogP contribution in [-0.4, -0.2) is 107 Å². The Morgan fingerprint density at radius 1 is 1.18 bits per heavy atom. The van der Waals surface area contributed by atoms with Crippen molar-refractivity contribution in [2.24, 2.45) is 0 Å². The van der Waals surface area contributed by atoms with Gasteiger partial charge in [0, 0.05) is 6.04 Å². The first-order valence-electron chi connectivity index (χ1n) is 11.9. The van der Waals surface area contributed by atoms with Gasteiger partial charge in [0.15, 0.2) is 11.9 Å². The molecule has 0 unspecified atom stereocenters. The highest BCUT2D eigenvalue weighted by Gasteiger charge is 2.52. The van der Waals surface area contributed by atoms with Gasteiger partial charge in [-0.05, 0) is 24.4 Å². The molecule has 0 amide bonds. The van der Waals surface area contributed by atoms with Crippen molar-refractivity contribution < 1.29 is 57.1 Å². The van der Waals surface area contributed by atoms with Crippen LogP contribution < -0.4 is 5.32 Å². The van der Waals surface area contributed by atoms with Gasteiger partial charge < -0.3 is 44.6 Å². The van der Waals surface area contributed by atoms with Crippen LogP contribution in [0.15, 0.2) is 6.20 Å². The van der Waals surface area contributed by atoms with E-state index in [1.54, 1.807) is 0 Å². The number of alkyl halides is 3. The van der Waals surface area contributed by atoms with Crippen molar-refractivity contribution >= 4 is 36.0 Å². The third-order valence-electron chi connectivity index (χ3n) is 6.59. The molecule has 4 rings (SSSR count). The lowest BCUT2D eigenvalue weighted by Gasteiger charge is -2.33. The molecule has 3 heterocycles. The number of hydrogen-bond acceptors (Lipinski definition) is 11. The molecule has 220 valence electrons. The van der Waals surface area contributed by atoms with Gasteiger partial charge in [0.05, 0.1) is 31.4 Å². The van der Waals surface area contributed by atoms with Crippen LogP contribution in [0.2, 0.25) is 5.28 Å². The van der Waals surface area contributed by atoms with Gasteiger partial charge in [0.25, 0.3) is 0 Å². The zero-order valence-corrected chi connectivity index (χ0v) is 21.9. The minimum Gasteiger partial charge on any atom is -0.393 e. The number of ether oxygens (including phenoxy) is 3. The van der Waals surface area contributed by atoms with Gasteiger partial charge in [-0.3, -0.25) is 4.57 Å². The van der Waals surface area contributed by atoms with E-state index in [4.69, 9.17) is 21.1 Å². The van der Waals surface area contributed by atoms with Crippen molar-refractivity contribution in [1.29, 1.82) is 0 Å². The van der Waals surface area contributed by atoms with E-state index < -0.39 is 70.1 Å². The second-order valence-electron chi connectivity index (χ2n) is 9.41. The van der Waals surface area contributed by atoms with E-state index >= 15 is 0 Å². The molecule has 6 N–H and O–H groups in total. The maximum Gasteiger partial charge on any atom is 0.411 e. The largest absolute Gasteiger partial charge is 0.411 e. The summed E-state index contributed by atoms with van der Waals surface area (Å²) in [6.07, 6.45) is -5.50. The highest BCUT2D eigenvalue weighted by atomic mass is 35.5. The van der Waals surface area contributed by atoms with E-state index in [1.807, 2.05) is 0 Å². The van der Waals surface area contributed by atoms with Gasteiger partial charge >= 0.3 is 13.8 Å². The highest BCUT2D eigenvalue weighted by molar-refractivity contribution is 7.53. The van der Waals surface area contributed by atoms with Gasteiger partial charge in [-0.15, -0.1) is 0 Å². The summed E-state index contributed by atoms with van der Waals surface area (Å²) < 4.78 is 65.7. The first-order valence-corrected chi connectivity index (χ1v) is 13.9. The molecular weight excluding hydrogens is 578 g/mol. The number of nitrogens with one attached hydrogen (secondary N) is 1. The average molecular weight is 606 g/mol. The van der Waals surface area contributed by atoms with Gasteiger partial charge in [0.2, 0.25) is 10.6 Å². The van der Waals surface area contributed by atoms with Gasteiger partial charge in [-0.2, -0.15) is 28.2 Å². The Morgan fingerprint density at radius 2 is 1.87 bits per heavy atom. The standard InChI is InChI=1S/C20H28ClF3N5O9P/c21-18-27-15(26-10-3-1-2-4-10)11-5-25-29(16(11)28-18)17-14(32)13(31)12(38-17)6-37-19(7-30,39(33,34)35)8-36-9-20(22,23)24/h5,10,12-14,17,30-32H,1-4,6-9H2,(H,26,27,28)(H2,33,34,35)/t12-,13-,14-,17-,19-/m1/s1. The van der Waals surface area contributed by atoms with E-state index in [1.165, 1.54) is 6.20 Å². The number of anilines is 1. The molecule has 39 heavy (non-hydrogen) atoms. The summed E-state index contributed by atoms with van der Waals surface area (Å²) in [6.45, 7) is -5.44. The molecule has 0 bridgehead atoms. The van der Waals surface area contributed by atoms with Crippen molar-refractivity contribution in [3.63, 3.8) is 0 Å². The van der Waals surface area contributed by atoms with E-state index in [-0.39, 0.29) is 17.0 Å². The highest BCUT2D eigenvalue weighted by Crippen LogP contribution is 2.51. The fraction of sp³-hybridized carbons (Fsp3) is 0.750. The van der Waals surface area contributed by atoms with Crippen LogP contribution in [0.25, 0.3) is 11.0 Å². The molecule has 2 fully saturated rings. The van der Waals surface area contributed by atoms with Gasteiger partial charge in [-0.1, -0.05) is 12.8 Å². The number of nitrogens with zero attached hydrogens (tertiary/aromatic N) is 4. The van der Waals surface area contributed by atoms with Crippen LogP contribution in [0.1, 0.15) is 31.9 Å². The molecule has 19 heteroatoms. The molecule has 2 aromatic rings. The number of rotatable bonds is 11. The summed E-state index contributed by atoms with van der Waals surface area (Å²) in [5.74, 6) is 0.421. The molecule has 2 aliphatic rings. The number of aromatic nitrogens is 4. The number of hydrogen-bond donors (Lipinski definition) is 6. The average Bonchev–Trinajstić information content (AvgIpc) is 3.56. The van der Waals surface area contributed by atoms with Crippen molar-refractivity contribution in [3.8, 4) is 0 Å². The van der Waals surface area contributed by atoms with Crippen LogP contribution in [0.3, 0.4) is 0 Å². The lowest BCUT2D eigenvalue weighted by Crippen LogP contribution is -2.45. The van der Waals surface area contributed by atoms with Crippen molar-refractivity contribution in [2.75, 3.05) is 31.7 Å². The van der Waals surface area contributed by atoms with Crippen molar-refractivity contribution in [1.82, 2.24) is 19.7 Å².